The molecule has 4 fully saturated rings. The summed E-state index contributed by atoms with van der Waals surface area (Å²) in [4.78, 5) is 24.3. The van der Waals surface area contributed by atoms with Gasteiger partial charge in [-0.3, -0.25) is 9.59 Å². The molecule has 4 aliphatic rings. The maximum atomic E-state index is 12.2. The van der Waals surface area contributed by atoms with E-state index in [4.69, 9.17) is 55.3 Å². The Hall–Kier alpha value is 0.854. The maximum absolute atomic E-state index is 12.2. The highest BCUT2D eigenvalue weighted by molar-refractivity contribution is 6.74. The summed E-state index contributed by atoms with van der Waals surface area (Å²) in [5.74, 6) is 1.61. The number of Topliss-reactive ketones (excluding diaryl/α,β-unsaturated/α-hetero) is 2. The number of ketones is 2. The lowest BCUT2D eigenvalue weighted by Crippen LogP contribution is -2.55. The molecule has 0 heterocycles. The van der Waals surface area contributed by atoms with E-state index in [9.17, 15) is 9.59 Å². The van der Waals surface area contributed by atoms with Crippen molar-refractivity contribution in [3.05, 3.63) is 0 Å². The highest BCUT2D eigenvalue weighted by atomic mass is 35.5. The molecule has 8 unspecified atom stereocenters. The zero-order valence-electron chi connectivity index (χ0n) is 30.8. The van der Waals surface area contributed by atoms with Gasteiger partial charge in [0.25, 0.3) is 0 Å². The van der Waals surface area contributed by atoms with Gasteiger partial charge in [0, 0.05) is 35.9 Å². The Bertz CT molecular complexity index is 997. The van der Waals surface area contributed by atoms with E-state index in [1.807, 2.05) is 0 Å². The van der Waals surface area contributed by atoms with Crippen molar-refractivity contribution >= 4 is 74.6 Å². The van der Waals surface area contributed by atoms with Crippen molar-refractivity contribution in [2.75, 3.05) is 0 Å². The number of halogens is 4. The quantitative estimate of drug-likeness (QED) is 0.147. The second-order valence-corrected chi connectivity index (χ2v) is 30.2. The summed E-state index contributed by atoms with van der Waals surface area (Å²) < 4.78 is 10.9. The van der Waals surface area contributed by atoms with E-state index in [-0.39, 0.29) is 45.3 Å². The second kappa shape index (κ2) is 14.8. The summed E-state index contributed by atoms with van der Waals surface area (Å²) in [6.07, 6.45) is 11.0. The first-order chi connectivity index (χ1) is 20.8. The number of carbonyl (C=O) groups is 2. The molecule has 268 valence electrons. The molecule has 4 rings (SSSR count). The number of alkyl halides is 4. The molecular weight excluding hydrogens is 694 g/mol. The third-order valence-electron chi connectivity index (χ3n) is 12.9. The van der Waals surface area contributed by atoms with Crippen LogP contribution in [0.25, 0.3) is 0 Å². The van der Waals surface area contributed by atoms with Gasteiger partial charge in [0.2, 0.25) is 0 Å². The van der Waals surface area contributed by atoms with Gasteiger partial charge in [-0.25, -0.2) is 0 Å². The Morgan fingerprint density at radius 3 is 1.22 bits per heavy atom. The molecule has 0 spiro atoms. The van der Waals surface area contributed by atoms with Crippen molar-refractivity contribution < 1.29 is 18.4 Å². The Morgan fingerprint density at radius 2 is 0.957 bits per heavy atom. The van der Waals surface area contributed by atoms with Gasteiger partial charge in [-0.1, -0.05) is 102 Å². The van der Waals surface area contributed by atoms with Crippen LogP contribution < -0.4 is 0 Å². The van der Waals surface area contributed by atoms with Crippen LogP contribution in [0, 0.1) is 35.5 Å². The Balaban J connectivity index is 0.000000250. The molecule has 0 aromatic rings. The van der Waals surface area contributed by atoms with Crippen LogP contribution in [0.2, 0.25) is 36.3 Å². The van der Waals surface area contributed by atoms with Gasteiger partial charge in [-0.05, 0) is 112 Å². The normalized spacial score (nSPS) is 31.7. The lowest BCUT2D eigenvalue weighted by Gasteiger charge is -2.44. The standard InChI is InChI=1S/2C18H32Cl2O2Si/c2*1-7-13(22-23(5,6)17(2,3)4)10-8-12-9-11-14-15(12)16(21)18(14,19)20/h2*12-15H,7-11H2,1-6H3. The minimum absolute atomic E-state index is 0.0618. The maximum Gasteiger partial charge on any atom is 0.192 e. The third kappa shape index (κ3) is 8.48. The second-order valence-electron chi connectivity index (χ2n) is 17.9. The number of carbonyl (C=O) groups excluding carboxylic acids is 2. The average molecular weight is 759 g/mol. The molecule has 0 radical (unpaired) electrons. The van der Waals surface area contributed by atoms with Crippen LogP contribution in [-0.2, 0) is 18.4 Å². The molecule has 0 aromatic carbocycles. The molecule has 0 N–H and O–H groups in total. The fourth-order valence-electron chi connectivity index (χ4n) is 7.71. The Kier molecular flexibility index (Phi) is 13.3. The first-order valence-electron chi connectivity index (χ1n) is 18.0. The van der Waals surface area contributed by atoms with Gasteiger partial charge < -0.3 is 8.85 Å². The fourth-order valence-corrected chi connectivity index (χ4v) is 12.1. The highest BCUT2D eigenvalue weighted by Crippen LogP contribution is 2.61. The van der Waals surface area contributed by atoms with E-state index in [1.54, 1.807) is 0 Å². The smallest absolute Gasteiger partial charge is 0.192 e. The van der Waals surface area contributed by atoms with Gasteiger partial charge in [0.1, 0.15) is 0 Å². The van der Waals surface area contributed by atoms with Gasteiger partial charge in [0.15, 0.2) is 36.9 Å². The van der Waals surface area contributed by atoms with Crippen molar-refractivity contribution in [2.45, 2.75) is 177 Å². The molecule has 0 amide bonds. The van der Waals surface area contributed by atoms with E-state index >= 15 is 0 Å². The van der Waals surface area contributed by atoms with E-state index < -0.39 is 25.3 Å². The monoisotopic (exact) mass is 756 g/mol. The molecule has 46 heavy (non-hydrogen) atoms. The zero-order chi connectivity index (χ0) is 35.3. The Morgan fingerprint density at radius 1 is 0.652 bits per heavy atom. The predicted octanol–water partition coefficient (Wildman–Crippen LogP) is 11.9. The lowest BCUT2D eigenvalue weighted by molar-refractivity contribution is -0.136. The largest absolute Gasteiger partial charge is 0.414 e. The first kappa shape index (κ1) is 41.3. The molecular formula is C36H64Cl4O4Si2. The van der Waals surface area contributed by atoms with Crippen LogP contribution in [-0.4, -0.2) is 49.1 Å². The molecule has 0 aromatic heterocycles. The van der Waals surface area contributed by atoms with Crippen LogP contribution in [0.4, 0.5) is 0 Å². The van der Waals surface area contributed by atoms with Crippen molar-refractivity contribution in [1.82, 2.24) is 0 Å². The number of rotatable bonds is 12. The van der Waals surface area contributed by atoms with Crippen LogP contribution in [0.3, 0.4) is 0 Å². The third-order valence-corrected chi connectivity index (χ3v) is 23.9. The average Bonchev–Trinajstić information content (AvgIpc) is 3.54. The van der Waals surface area contributed by atoms with Crippen LogP contribution in [0.15, 0.2) is 0 Å². The summed E-state index contributed by atoms with van der Waals surface area (Å²) in [6, 6.07) is 0. The molecule has 0 saturated heterocycles. The molecule has 0 bridgehead atoms. The SMILES string of the molecule is CCC(CCC1CCC2C1C(=O)C2(Cl)Cl)O[Si](C)(C)C(C)(C)C.CCC(CCC1CCC2C1C(=O)C2(Cl)Cl)O[Si](C)(C)C(C)(C)C. The number of hydrogen-bond donors (Lipinski definition) is 0. The fraction of sp³-hybridized carbons (Fsp3) is 0.944. The van der Waals surface area contributed by atoms with Crippen molar-refractivity contribution in [2.24, 2.45) is 35.5 Å². The summed E-state index contributed by atoms with van der Waals surface area (Å²) in [6.45, 7) is 27.3. The van der Waals surface area contributed by atoms with Gasteiger partial charge in [-0.2, -0.15) is 0 Å². The van der Waals surface area contributed by atoms with Crippen LogP contribution >= 0.6 is 46.4 Å². The molecule has 8 atom stereocenters. The number of fused-ring (bicyclic) bond motifs is 2. The predicted molar refractivity (Wildman–Crippen MR) is 201 cm³/mol. The zero-order valence-corrected chi connectivity index (χ0v) is 35.9. The topological polar surface area (TPSA) is 52.6 Å². The molecule has 4 aliphatic carbocycles. The van der Waals surface area contributed by atoms with Gasteiger partial charge in [0.05, 0.1) is 0 Å². The van der Waals surface area contributed by atoms with Gasteiger partial charge in [-0.15, -0.1) is 0 Å². The number of hydrogen-bond acceptors (Lipinski definition) is 4. The van der Waals surface area contributed by atoms with Crippen molar-refractivity contribution in [3.63, 3.8) is 0 Å². The van der Waals surface area contributed by atoms with Crippen LogP contribution in [0.1, 0.15) is 120 Å². The summed E-state index contributed by atoms with van der Waals surface area (Å²) >= 11 is 24.6. The molecule has 10 heteroatoms. The summed E-state index contributed by atoms with van der Waals surface area (Å²) in [5.41, 5.74) is 0. The first-order valence-corrected chi connectivity index (χ1v) is 25.4. The minimum atomic E-state index is -1.73. The van der Waals surface area contributed by atoms with Crippen LogP contribution in [0.5, 0.6) is 0 Å². The summed E-state index contributed by atoms with van der Waals surface area (Å²) in [7, 11) is -3.46. The Labute approximate surface area is 303 Å². The lowest BCUT2D eigenvalue weighted by atomic mass is 9.69. The summed E-state index contributed by atoms with van der Waals surface area (Å²) in [5, 5.41) is 0.472. The highest BCUT2D eigenvalue weighted by Gasteiger charge is 2.65. The van der Waals surface area contributed by atoms with E-state index in [2.05, 4.69) is 81.6 Å². The molecule has 0 aliphatic heterocycles. The van der Waals surface area contributed by atoms with E-state index in [1.165, 1.54) is 0 Å². The molecule has 4 nitrogen and oxygen atoms in total. The minimum Gasteiger partial charge on any atom is -0.414 e. The van der Waals surface area contributed by atoms with Crippen molar-refractivity contribution in [1.29, 1.82) is 0 Å². The van der Waals surface area contributed by atoms with Crippen molar-refractivity contribution in [3.8, 4) is 0 Å². The molecule has 4 saturated carbocycles. The van der Waals surface area contributed by atoms with Gasteiger partial charge >= 0.3 is 0 Å². The van der Waals surface area contributed by atoms with E-state index in [0.29, 0.717) is 24.0 Å². The van der Waals surface area contributed by atoms with E-state index in [0.717, 1.165) is 64.2 Å².